The number of hydrogen-bond acceptors (Lipinski definition) is 3. The summed E-state index contributed by atoms with van der Waals surface area (Å²) in [7, 11) is 1.69. The monoisotopic (exact) mass is 260 g/mol. The Morgan fingerprint density at radius 2 is 2.16 bits per heavy atom. The topological polar surface area (TPSA) is 53.3 Å². The third-order valence-electron chi connectivity index (χ3n) is 3.04. The smallest absolute Gasteiger partial charge is 0.244 e. The van der Waals surface area contributed by atoms with Crippen molar-refractivity contribution in [1.82, 2.24) is 0 Å². The Morgan fingerprint density at radius 1 is 1.47 bits per heavy atom. The molecule has 1 rings (SSSR count). The third kappa shape index (κ3) is 3.47. The summed E-state index contributed by atoms with van der Waals surface area (Å²) in [5, 5.41) is 8.94. The van der Waals surface area contributed by atoms with Crippen LogP contribution in [0.25, 0.3) is 0 Å². The van der Waals surface area contributed by atoms with Crippen LogP contribution < -0.4 is 9.64 Å². The Balaban J connectivity index is 2.95. The van der Waals surface area contributed by atoms with Crippen LogP contribution in [0.3, 0.4) is 0 Å². The largest absolute Gasteiger partial charge is 0.494 e. The van der Waals surface area contributed by atoms with Crippen molar-refractivity contribution < 1.29 is 9.53 Å². The van der Waals surface area contributed by atoms with Crippen LogP contribution in [0, 0.1) is 24.2 Å². The minimum absolute atomic E-state index is 0.173. The van der Waals surface area contributed by atoms with E-state index >= 15 is 0 Å². The fraction of sp³-hybridized carbons (Fsp3) is 0.467. The Morgan fingerprint density at radius 3 is 2.63 bits per heavy atom. The van der Waals surface area contributed by atoms with Crippen LogP contribution >= 0.6 is 0 Å². The number of carbonyl (C=O) groups excluding carboxylic acids is 1. The molecule has 102 valence electrons. The molecule has 4 heteroatoms. The molecule has 1 unspecified atom stereocenters. The zero-order chi connectivity index (χ0) is 14.4. The van der Waals surface area contributed by atoms with E-state index in [9.17, 15) is 4.79 Å². The maximum atomic E-state index is 12.1. The number of carbonyl (C=O) groups is 1. The molecule has 1 atom stereocenters. The van der Waals surface area contributed by atoms with Crippen LogP contribution in [0.5, 0.6) is 5.75 Å². The highest BCUT2D eigenvalue weighted by atomic mass is 16.5. The highest BCUT2D eigenvalue weighted by Crippen LogP contribution is 2.25. The third-order valence-corrected chi connectivity index (χ3v) is 3.04. The van der Waals surface area contributed by atoms with Crippen LogP contribution in [0.2, 0.25) is 0 Å². The van der Waals surface area contributed by atoms with E-state index in [2.05, 4.69) is 0 Å². The number of rotatable bonds is 5. The van der Waals surface area contributed by atoms with Gasteiger partial charge in [0, 0.05) is 12.7 Å². The standard InChI is InChI=1S/C15H20N2O2/c1-5-12(10-16)15(18)17(4)13-7-8-14(19-6-2)11(3)9-13/h7-9,12H,5-6H2,1-4H3. The van der Waals surface area contributed by atoms with Crippen molar-refractivity contribution in [3.8, 4) is 11.8 Å². The highest BCUT2D eigenvalue weighted by molar-refractivity contribution is 5.96. The lowest BCUT2D eigenvalue weighted by Crippen LogP contribution is -2.32. The van der Waals surface area contributed by atoms with Crippen LogP contribution in [-0.4, -0.2) is 19.6 Å². The van der Waals surface area contributed by atoms with Gasteiger partial charge in [0.25, 0.3) is 0 Å². The Labute approximate surface area is 114 Å². The summed E-state index contributed by atoms with van der Waals surface area (Å²) in [4.78, 5) is 13.6. The van der Waals surface area contributed by atoms with Gasteiger partial charge in [-0.1, -0.05) is 6.92 Å². The van der Waals surface area contributed by atoms with Crippen LogP contribution in [-0.2, 0) is 4.79 Å². The average molecular weight is 260 g/mol. The summed E-state index contributed by atoms with van der Waals surface area (Å²) < 4.78 is 5.47. The molecule has 19 heavy (non-hydrogen) atoms. The van der Waals surface area contributed by atoms with Gasteiger partial charge in [-0.15, -0.1) is 0 Å². The predicted octanol–water partition coefficient (Wildman–Crippen LogP) is 2.91. The zero-order valence-corrected chi connectivity index (χ0v) is 11.9. The first-order chi connectivity index (χ1) is 9.04. The van der Waals surface area contributed by atoms with Crippen LogP contribution in [0.1, 0.15) is 25.8 Å². The SMILES string of the molecule is CCOc1ccc(N(C)C(=O)C(C#N)CC)cc1C. The molecule has 1 aromatic rings. The predicted molar refractivity (Wildman–Crippen MR) is 75.2 cm³/mol. The van der Waals surface area contributed by atoms with E-state index in [0.717, 1.165) is 17.0 Å². The van der Waals surface area contributed by atoms with Gasteiger partial charge in [0.1, 0.15) is 11.7 Å². The molecule has 0 heterocycles. The second-order valence-corrected chi connectivity index (χ2v) is 4.37. The van der Waals surface area contributed by atoms with E-state index < -0.39 is 5.92 Å². The van der Waals surface area contributed by atoms with Gasteiger partial charge >= 0.3 is 0 Å². The lowest BCUT2D eigenvalue weighted by molar-refractivity contribution is -0.120. The highest BCUT2D eigenvalue weighted by Gasteiger charge is 2.21. The number of aryl methyl sites for hydroxylation is 1. The summed E-state index contributed by atoms with van der Waals surface area (Å²) in [5.41, 5.74) is 1.75. The molecular formula is C15H20N2O2. The van der Waals surface area contributed by atoms with Gasteiger partial charge in [-0.2, -0.15) is 5.26 Å². The molecular weight excluding hydrogens is 240 g/mol. The van der Waals surface area contributed by atoms with Crippen molar-refractivity contribution >= 4 is 11.6 Å². The van der Waals surface area contributed by atoms with Gasteiger partial charge in [-0.05, 0) is 44.0 Å². The molecule has 0 bridgehead atoms. The molecule has 0 aliphatic carbocycles. The van der Waals surface area contributed by atoms with Crippen molar-refractivity contribution in [1.29, 1.82) is 5.26 Å². The normalized spacial score (nSPS) is 11.5. The molecule has 0 N–H and O–H groups in total. The van der Waals surface area contributed by atoms with E-state index in [4.69, 9.17) is 10.00 Å². The summed E-state index contributed by atoms with van der Waals surface area (Å²) in [6.45, 7) is 6.32. The molecule has 0 aromatic heterocycles. The second-order valence-electron chi connectivity index (χ2n) is 4.37. The first-order valence-electron chi connectivity index (χ1n) is 6.45. The minimum atomic E-state index is -0.586. The van der Waals surface area contributed by atoms with E-state index in [1.165, 1.54) is 4.90 Å². The fourth-order valence-electron chi connectivity index (χ4n) is 1.84. The number of ether oxygens (including phenoxy) is 1. The molecule has 1 amide bonds. The molecule has 0 fully saturated rings. The van der Waals surface area contributed by atoms with Crippen molar-refractivity contribution in [2.24, 2.45) is 5.92 Å². The van der Waals surface area contributed by atoms with E-state index in [-0.39, 0.29) is 5.91 Å². The second kappa shape index (κ2) is 6.79. The average Bonchev–Trinajstić information content (AvgIpc) is 2.41. The van der Waals surface area contributed by atoms with Gasteiger partial charge in [0.15, 0.2) is 0 Å². The summed E-state index contributed by atoms with van der Waals surface area (Å²) >= 11 is 0. The van der Waals surface area contributed by atoms with Gasteiger partial charge in [-0.3, -0.25) is 4.79 Å². The van der Waals surface area contributed by atoms with Gasteiger partial charge in [0.2, 0.25) is 5.91 Å². The Hall–Kier alpha value is -2.02. The van der Waals surface area contributed by atoms with Crippen LogP contribution in [0.4, 0.5) is 5.69 Å². The van der Waals surface area contributed by atoms with Crippen LogP contribution in [0.15, 0.2) is 18.2 Å². The molecule has 0 radical (unpaired) electrons. The molecule has 1 aromatic carbocycles. The zero-order valence-electron chi connectivity index (χ0n) is 11.9. The van der Waals surface area contributed by atoms with E-state index in [0.29, 0.717) is 13.0 Å². The molecule has 0 saturated carbocycles. The van der Waals surface area contributed by atoms with Crippen molar-refractivity contribution in [2.45, 2.75) is 27.2 Å². The maximum Gasteiger partial charge on any atom is 0.244 e. The quantitative estimate of drug-likeness (QED) is 0.818. The maximum absolute atomic E-state index is 12.1. The molecule has 0 aliphatic heterocycles. The minimum Gasteiger partial charge on any atom is -0.494 e. The Kier molecular flexibility index (Phi) is 5.37. The van der Waals surface area contributed by atoms with Gasteiger partial charge in [0.05, 0.1) is 12.7 Å². The lowest BCUT2D eigenvalue weighted by Gasteiger charge is -2.20. The molecule has 0 saturated heterocycles. The van der Waals surface area contributed by atoms with E-state index in [1.807, 2.05) is 45.0 Å². The van der Waals surface area contributed by atoms with Crippen molar-refractivity contribution in [3.05, 3.63) is 23.8 Å². The number of nitrogens with zero attached hydrogens (tertiary/aromatic N) is 2. The Bertz CT molecular complexity index is 491. The number of benzene rings is 1. The number of anilines is 1. The fourth-order valence-corrected chi connectivity index (χ4v) is 1.84. The van der Waals surface area contributed by atoms with Gasteiger partial charge < -0.3 is 9.64 Å². The first-order valence-corrected chi connectivity index (χ1v) is 6.45. The van der Waals surface area contributed by atoms with Crippen molar-refractivity contribution in [3.63, 3.8) is 0 Å². The van der Waals surface area contributed by atoms with Crippen molar-refractivity contribution in [2.75, 3.05) is 18.6 Å². The molecule has 0 spiro atoms. The van der Waals surface area contributed by atoms with Gasteiger partial charge in [-0.25, -0.2) is 0 Å². The molecule has 0 aliphatic rings. The molecule has 4 nitrogen and oxygen atoms in total. The number of amides is 1. The number of nitriles is 1. The lowest BCUT2D eigenvalue weighted by atomic mass is 10.1. The van der Waals surface area contributed by atoms with E-state index in [1.54, 1.807) is 7.05 Å². The first kappa shape index (κ1) is 15.0. The summed E-state index contributed by atoms with van der Waals surface area (Å²) in [5.74, 6) is 0.0601. The summed E-state index contributed by atoms with van der Waals surface area (Å²) in [6.07, 6.45) is 0.523. The number of hydrogen-bond donors (Lipinski definition) is 0. The summed E-state index contributed by atoms with van der Waals surface area (Å²) in [6, 6.07) is 7.61.